The van der Waals surface area contributed by atoms with Gasteiger partial charge in [0.25, 0.3) is 9.05 Å². The molecule has 0 saturated carbocycles. The van der Waals surface area contributed by atoms with Gasteiger partial charge in [-0.05, 0) is 36.5 Å². The fraction of sp³-hybridized carbons (Fsp3) is 0.350. The molecule has 0 aliphatic heterocycles. The van der Waals surface area contributed by atoms with E-state index in [0.717, 1.165) is 31.2 Å². The second-order valence-corrected chi connectivity index (χ2v) is 8.62. The van der Waals surface area contributed by atoms with Gasteiger partial charge in [0, 0.05) is 21.8 Å². The van der Waals surface area contributed by atoms with E-state index in [1.54, 1.807) is 30.3 Å². The maximum atomic E-state index is 13.0. The topological polar surface area (TPSA) is 51.2 Å². The first kappa shape index (κ1) is 19.7. The number of aryl methyl sites for hydroxylation is 2. The van der Waals surface area contributed by atoms with Crippen LogP contribution < -0.4 is 0 Å². The van der Waals surface area contributed by atoms with Gasteiger partial charge in [-0.3, -0.25) is 4.79 Å². The third-order valence-corrected chi connectivity index (χ3v) is 5.52. The Labute approximate surface area is 154 Å². The molecule has 0 amide bonds. The molecule has 0 atom stereocenters. The summed E-state index contributed by atoms with van der Waals surface area (Å²) in [5.41, 5.74) is 2.25. The molecule has 0 bridgehead atoms. The van der Waals surface area contributed by atoms with Crippen LogP contribution in [0.5, 0.6) is 0 Å². The van der Waals surface area contributed by atoms with Crippen molar-refractivity contribution in [2.75, 3.05) is 0 Å². The highest BCUT2D eigenvalue weighted by Gasteiger charge is 2.25. The van der Waals surface area contributed by atoms with E-state index in [9.17, 15) is 13.2 Å². The Bertz CT molecular complexity index is 843. The van der Waals surface area contributed by atoms with Crippen LogP contribution in [0.15, 0.2) is 47.4 Å². The number of halogens is 1. The van der Waals surface area contributed by atoms with Crippen molar-refractivity contribution in [2.45, 2.75) is 50.8 Å². The van der Waals surface area contributed by atoms with Crippen LogP contribution in [0.25, 0.3) is 0 Å². The minimum absolute atomic E-state index is 0.0369. The largest absolute Gasteiger partial charge is 0.289 e. The van der Waals surface area contributed by atoms with Crippen LogP contribution in [0.1, 0.15) is 60.2 Å². The van der Waals surface area contributed by atoms with Crippen molar-refractivity contribution in [3.05, 3.63) is 64.7 Å². The fourth-order valence-corrected chi connectivity index (χ4v) is 4.37. The van der Waals surface area contributed by atoms with Crippen molar-refractivity contribution in [3.63, 3.8) is 0 Å². The summed E-state index contributed by atoms with van der Waals surface area (Å²) < 4.78 is 24.4. The number of rotatable bonds is 8. The number of hydrogen-bond acceptors (Lipinski definition) is 3. The van der Waals surface area contributed by atoms with Crippen molar-refractivity contribution >= 4 is 25.5 Å². The van der Waals surface area contributed by atoms with Gasteiger partial charge in [-0.15, -0.1) is 0 Å². The molecular weight excluding hydrogens is 356 g/mol. The second kappa shape index (κ2) is 8.63. The van der Waals surface area contributed by atoms with Gasteiger partial charge in [0.1, 0.15) is 0 Å². The molecule has 0 aliphatic rings. The van der Waals surface area contributed by atoms with Crippen molar-refractivity contribution in [1.29, 1.82) is 0 Å². The standard InChI is InChI=1S/C20H23ClO3S/c1-3-5-10-15-13-17(9-4-2)20(25(21,23)24)18(14-15)19(22)16-11-7-6-8-12-16/h6-8,11-14H,3-5,9-10H2,1-2H3. The molecule has 0 spiro atoms. The smallest absolute Gasteiger partial charge is 0.262 e. The van der Waals surface area contributed by atoms with Gasteiger partial charge in [0.2, 0.25) is 0 Å². The second-order valence-electron chi connectivity index (χ2n) is 6.12. The van der Waals surface area contributed by atoms with Gasteiger partial charge in [0.15, 0.2) is 5.78 Å². The maximum absolute atomic E-state index is 13.0. The molecule has 0 aliphatic carbocycles. The van der Waals surface area contributed by atoms with E-state index in [0.29, 0.717) is 17.5 Å². The van der Waals surface area contributed by atoms with Crippen LogP contribution in [0, 0.1) is 0 Å². The number of carbonyl (C=O) groups excluding carboxylic acids is 1. The van der Waals surface area contributed by atoms with E-state index in [4.69, 9.17) is 10.7 Å². The lowest BCUT2D eigenvalue weighted by Crippen LogP contribution is -2.12. The molecule has 2 aromatic carbocycles. The number of carbonyl (C=O) groups is 1. The van der Waals surface area contributed by atoms with Crippen LogP contribution in [-0.4, -0.2) is 14.2 Å². The van der Waals surface area contributed by atoms with E-state index < -0.39 is 9.05 Å². The van der Waals surface area contributed by atoms with Crippen LogP contribution in [0.3, 0.4) is 0 Å². The van der Waals surface area contributed by atoms with Crippen LogP contribution in [-0.2, 0) is 21.9 Å². The minimum atomic E-state index is -4.03. The first-order valence-electron chi connectivity index (χ1n) is 8.58. The average molecular weight is 379 g/mol. The fourth-order valence-electron chi connectivity index (χ4n) is 2.94. The van der Waals surface area contributed by atoms with Gasteiger partial charge in [-0.2, -0.15) is 0 Å². The molecule has 134 valence electrons. The summed E-state index contributed by atoms with van der Waals surface area (Å²) in [6.07, 6.45) is 4.16. The Hall–Kier alpha value is -1.65. The Morgan fingerprint density at radius 2 is 1.68 bits per heavy atom. The third-order valence-electron chi connectivity index (χ3n) is 4.09. The summed E-state index contributed by atoms with van der Waals surface area (Å²) in [5, 5.41) is 0. The summed E-state index contributed by atoms with van der Waals surface area (Å²) >= 11 is 0. The highest BCUT2D eigenvalue weighted by Crippen LogP contribution is 2.30. The molecule has 3 nitrogen and oxygen atoms in total. The lowest BCUT2D eigenvalue weighted by molar-refractivity contribution is 0.103. The van der Waals surface area contributed by atoms with E-state index in [-0.39, 0.29) is 16.2 Å². The van der Waals surface area contributed by atoms with E-state index >= 15 is 0 Å². The molecular formula is C20H23ClO3S. The Balaban J connectivity index is 2.68. The summed E-state index contributed by atoms with van der Waals surface area (Å²) in [6, 6.07) is 12.3. The Morgan fingerprint density at radius 1 is 1.00 bits per heavy atom. The molecule has 0 radical (unpaired) electrons. The predicted molar refractivity (Wildman–Crippen MR) is 102 cm³/mol. The van der Waals surface area contributed by atoms with Crippen LogP contribution in [0.2, 0.25) is 0 Å². The number of unbranched alkanes of at least 4 members (excludes halogenated alkanes) is 1. The molecule has 0 saturated heterocycles. The number of benzene rings is 2. The molecule has 0 N–H and O–H groups in total. The Kier molecular flexibility index (Phi) is 6.79. The maximum Gasteiger partial charge on any atom is 0.262 e. The lowest BCUT2D eigenvalue weighted by Gasteiger charge is -2.14. The van der Waals surface area contributed by atoms with Crippen molar-refractivity contribution in [3.8, 4) is 0 Å². The molecule has 0 fully saturated rings. The first-order chi connectivity index (χ1) is 11.9. The molecule has 0 aromatic heterocycles. The summed E-state index contributed by atoms with van der Waals surface area (Å²) in [7, 11) is 1.69. The van der Waals surface area contributed by atoms with Crippen molar-refractivity contribution < 1.29 is 13.2 Å². The van der Waals surface area contributed by atoms with E-state index in [2.05, 4.69) is 6.92 Å². The third kappa shape index (κ3) is 4.93. The van der Waals surface area contributed by atoms with Gasteiger partial charge in [-0.25, -0.2) is 8.42 Å². The monoisotopic (exact) mass is 378 g/mol. The van der Waals surface area contributed by atoms with Gasteiger partial charge < -0.3 is 0 Å². The zero-order chi connectivity index (χ0) is 18.4. The number of ketones is 1. The zero-order valence-corrected chi connectivity index (χ0v) is 16.2. The highest BCUT2D eigenvalue weighted by atomic mass is 35.7. The molecule has 25 heavy (non-hydrogen) atoms. The summed E-state index contributed by atoms with van der Waals surface area (Å²) in [5.74, 6) is -0.310. The summed E-state index contributed by atoms with van der Waals surface area (Å²) in [4.78, 5) is 12.9. The van der Waals surface area contributed by atoms with Gasteiger partial charge >= 0.3 is 0 Å². The molecule has 2 rings (SSSR count). The average Bonchev–Trinajstić information content (AvgIpc) is 2.59. The molecule has 5 heteroatoms. The summed E-state index contributed by atoms with van der Waals surface area (Å²) in [6.45, 7) is 4.07. The quantitative estimate of drug-likeness (QED) is 0.472. The molecule has 0 unspecified atom stereocenters. The van der Waals surface area contributed by atoms with Crippen LogP contribution >= 0.6 is 10.7 Å². The number of hydrogen-bond donors (Lipinski definition) is 0. The first-order valence-corrected chi connectivity index (χ1v) is 10.9. The normalized spacial score (nSPS) is 11.5. The Morgan fingerprint density at radius 3 is 2.24 bits per heavy atom. The highest BCUT2D eigenvalue weighted by molar-refractivity contribution is 8.13. The minimum Gasteiger partial charge on any atom is -0.289 e. The molecule has 2 aromatic rings. The molecule has 0 heterocycles. The predicted octanol–water partition coefficient (Wildman–Crippen LogP) is 5.14. The van der Waals surface area contributed by atoms with E-state index in [1.165, 1.54) is 0 Å². The van der Waals surface area contributed by atoms with Crippen LogP contribution in [0.4, 0.5) is 0 Å². The van der Waals surface area contributed by atoms with Crippen molar-refractivity contribution in [2.24, 2.45) is 0 Å². The van der Waals surface area contributed by atoms with Crippen molar-refractivity contribution in [1.82, 2.24) is 0 Å². The zero-order valence-electron chi connectivity index (χ0n) is 14.6. The van der Waals surface area contributed by atoms with Gasteiger partial charge in [0.05, 0.1) is 4.90 Å². The van der Waals surface area contributed by atoms with Gasteiger partial charge in [-0.1, -0.05) is 63.1 Å². The lowest BCUT2D eigenvalue weighted by atomic mass is 9.95. The van der Waals surface area contributed by atoms with E-state index in [1.807, 2.05) is 19.1 Å². The SMILES string of the molecule is CCCCc1cc(CCC)c(S(=O)(=O)Cl)c(C(=O)c2ccccc2)c1.